The Balaban J connectivity index is 4.04. The molecule has 0 aromatic carbocycles. The SMILES string of the molecule is C/C=C/N=C(\SC)C(C)C. The molecule has 0 fully saturated rings. The highest BCUT2D eigenvalue weighted by Crippen LogP contribution is 2.08. The molecule has 0 amide bonds. The van der Waals surface area contributed by atoms with Crippen LogP contribution in [0.4, 0.5) is 0 Å². The van der Waals surface area contributed by atoms with Gasteiger partial charge in [-0.25, -0.2) is 0 Å². The van der Waals surface area contributed by atoms with E-state index in [1.54, 1.807) is 11.8 Å². The second-order valence-electron chi connectivity index (χ2n) is 2.31. The van der Waals surface area contributed by atoms with Gasteiger partial charge in [-0.1, -0.05) is 19.9 Å². The molecule has 0 heterocycles. The van der Waals surface area contributed by atoms with Gasteiger partial charge in [-0.15, -0.1) is 11.8 Å². The molecular weight excluding hydrogens is 142 g/mol. The van der Waals surface area contributed by atoms with Gasteiger partial charge < -0.3 is 0 Å². The summed E-state index contributed by atoms with van der Waals surface area (Å²) in [7, 11) is 0. The van der Waals surface area contributed by atoms with Crippen molar-refractivity contribution in [2.24, 2.45) is 10.9 Å². The maximum Gasteiger partial charge on any atom is 0.0753 e. The zero-order chi connectivity index (χ0) is 7.98. The fraction of sp³-hybridized carbons (Fsp3) is 0.625. The van der Waals surface area contributed by atoms with Crippen LogP contribution >= 0.6 is 11.8 Å². The molecule has 0 N–H and O–H groups in total. The van der Waals surface area contributed by atoms with E-state index in [1.165, 1.54) is 5.04 Å². The highest BCUT2D eigenvalue weighted by atomic mass is 32.2. The molecule has 0 bridgehead atoms. The third kappa shape index (κ3) is 3.72. The van der Waals surface area contributed by atoms with Crippen LogP contribution < -0.4 is 0 Å². The van der Waals surface area contributed by atoms with E-state index < -0.39 is 0 Å². The molecule has 1 nitrogen and oxygen atoms in total. The van der Waals surface area contributed by atoms with Crippen LogP contribution in [0.3, 0.4) is 0 Å². The van der Waals surface area contributed by atoms with Crippen LogP contribution in [0, 0.1) is 5.92 Å². The Morgan fingerprint density at radius 2 is 2.10 bits per heavy atom. The third-order valence-corrected chi connectivity index (χ3v) is 2.05. The maximum absolute atomic E-state index is 4.26. The lowest BCUT2D eigenvalue weighted by molar-refractivity contribution is 0.900. The molecule has 0 aliphatic heterocycles. The summed E-state index contributed by atoms with van der Waals surface area (Å²) < 4.78 is 0. The molecule has 0 aromatic heterocycles. The van der Waals surface area contributed by atoms with Crippen LogP contribution in [0.15, 0.2) is 17.3 Å². The van der Waals surface area contributed by atoms with Gasteiger partial charge in [0.15, 0.2) is 0 Å². The van der Waals surface area contributed by atoms with E-state index in [-0.39, 0.29) is 0 Å². The van der Waals surface area contributed by atoms with Crippen LogP contribution in [-0.2, 0) is 0 Å². The number of thioether (sulfide) groups is 1. The highest BCUT2D eigenvalue weighted by molar-refractivity contribution is 8.13. The average molecular weight is 157 g/mol. The molecule has 0 saturated carbocycles. The maximum atomic E-state index is 4.26. The number of hydrogen-bond donors (Lipinski definition) is 0. The molecule has 0 aliphatic rings. The summed E-state index contributed by atoms with van der Waals surface area (Å²) in [5.74, 6) is 0.547. The quantitative estimate of drug-likeness (QED) is 0.443. The first-order valence-electron chi connectivity index (χ1n) is 3.45. The number of hydrogen-bond acceptors (Lipinski definition) is 2. The molecule has 2 heteroatoms. The van der Waals surface area contributed by atoms with Crippen LogP contribution in [0.2, 0.25) is 0 Å². The van der Waals surface area contributed by atoms with Gasteiger partial charge in [-0.2, -0.15) is 0 Å². The first kappa shape index (κ1) is 9.76. The predicted octanol–water partition coefficient (Wildman–Crippen LogP) is 2.94. The summed E-state index contributed by atoms with van der Waals surface area (Å²) >= 11 is 1.72. The molecule has 0 radical (unpaired) electrons. The fourth-order valence-electron chi connectivity index (χ4n) is 0.585. The van der Waals surface area contributed by atoms with Crippen LogP contribution in [0.1, 0.15) is 20.8 Å². The monoisotopic (exact) mass is 157 g/mol. The van der Waals surface area contributed by atoms with Crippen LogP contribution in [0.25, 0.3) is 0 Å². The largest absolute Gasteiger partial charge is 0.255 e. The summed E-state index contributed by atoms with van der Waals surface area (Å²) in [4.78, 5) is 4.26. The second kappa shape index (κ2) is 5.54. The van der Waals surface area contributed by atoms with Crippen molar-refractivity contribution < 1.29 is 0 Å². The Morgan fingerprint density at radius 1 is 1.50 bits per heavy atom. The summed E-state index contributed by atoms with van der Waals surface area (Å²) in [6.07, 6.45) is 5.84. The number of aliphatic imine (C=N–C) groups is 1. The Kier molecular flexibility index (Phi) is 5.40. The molecule has 0 unspecified atom stereocenters. The van der Waals surface area contributed by atoms with Gasteiger partial charge in [0.05, 0.1) is 5.04 Å². The minimum atomic E-state index is 0.547. The Labute approximate surface area is 67.6 Å². The van der Waals surface area contributed by atoms with Crippen LogP contribution in [-0.4, -0.2) is 11.3 Å². The number of nitrogens with zero attached hydrogens (tertiary/aromatic N) is 1. The molecule has 0 aromatic rings. The molecule has 0 aliphatic carbocycles. The first-order chi connectivity index (χ1) is 4.72. The molecule has 0 spiro atoms. The van der Waals surface area contributed by atoms with Crippen molar-refractivity contribution in [1.82, 2.24) is 0 Å². The Hall–Kier alpha value is -0.240. The minimum absolute atomic E-state index is 0.547. The smallest absolute Gasteiger partial charge is 0.0753 e. The van der Waals surface area contributed by atoms with Crippen molar-refractivity contribution in [3.8, 4) is 0 Å². The lowest BCUT2D eigenvalue weighted by Gasteiger charge is -2.03. The predicted molar refractivity (Wildman–Crippen MR) is 50.6 cm³/mol. The van der Waals surface area contributed by atoms with E-state index in [0.29, 0.717) is 5.92 Å². The standard InChI is InChI=1S/C8H15NS/c1-5-6-9-8(10-4)7(2)3/h5-7H,1-4H3/b6-5+,9-8-. The van der Waals surface area contributed by atoms with Gasteiger partial charge in [0.25, 0.3) is 0 Å². The zero-order valence-electron chi connectivity index (χ0n) is 7.09. The number of allylic oxidation sites excluding steroid dienone is 1. The van der Waals surface area contributed by atoms with Gasteiger partial charge in [-0.05, 0) is 13.2 Å². The van der Waals surface area contributed by atoms with E-state index >= 15 is 0 Å². The highest BCUT2D eigenvalue weighted by Gasteiger charge is 1.99. The van der Waals surface area contributed by atoms with Gasteiger partial charge in [0.2, 0.25) is 0 Å². The normalized spacial score (nSPS) is 13.5. The Morgan fingerprint density at radius 3 is 2.40 bits per heavy atom. The van der Waals surface area contributed by atoms with Gasteiger partial charge in [0, 0.05) is 12.1 Å². The molecule has 10 heavy (non-hydrogen) atoms. The van der Waals surface area contributed by atoms with E-state index in [1.807, 2.05) is 19.2 Å². The molecule has 58 valence electrons. The second-order valence-corrected chi connectivity index (χ2v) is 3.14. The van der Waals surface area contributed by atoms with Crippen molar-refractivity contribution in [2.75, 3.05) is 6.26 Å². The van der Waals surface area contributed by atoms with Crippen molar-refractivity contribution >= 4 is 16.8 Å². The average Bonchev–Trinajstić information content (AvgIpc) is 1.89. The summed E-state index contributed by atoms with van der Waals surface area (Å²) in [5.41, 5.74) is 0. The van der Waals surface area contributed by atoms with E-state index in [0.717, 1.165) is 0 Å². The summed E-state index contributed by atoms with van der Waals surface area (Å²) in [6.45, 7) is 6.28. The summed E-state index contributed by atoms with van der Waals surface area (Å²) in [5, 5.41) is 1.19. The topological polar surface area (TPSA) is 12.4 Å². The third-order valence-electron chi connectivity index (χ3n) is 1.05. The summed E-state index contributed by atoms with van der Waals surface area (Å²) in [6, 6.07) is 0. The minimum Gasteiger partial charge on any atom is -0.255 e. The lowest BCUT2D eigenvalue weighted by Crippen LogP contribution is -2.00. The van der Waals surface area contributed by atoms with E-state index in [4.69, 9.17) is 0 Å². The first-order valence-corrected chi connectivity index (χ1v) is 4.67. The molecule has 0 rings (SSSR count). The molecular formula is C8H15NS. The molecule has 0 saturated heterocycles. The number of rotatable bonds is 2. The van der Waals surface area contributed by atoms with Gasteiger partial charge in [0.1, 0.15) is 0 Å². The van der Waals surface area contributed by atoms with Crippen molar-refractivity contribution in [3.63, 3.8) is 0 Å². The van der Waals surface area contributed by atoms with E-state index in [9.17, 15) is 0 Å². The Bertz CT molecular complexity index is 136. The van der Waals surface area contributed by atoms with Gasteiger partial charge >= 0.3 is 0 Å². The van der Waals surface area contributed by atoms with Crippen molar-refractivity contribution in [2.45, 2.75) is 20.8 Å². The van der Waals surface area contributed by atoms with Gasteiger partial charge in [-0.3, -0.25) is 4.99 Å². The zero-order valence-corrected chi connectivity index (χ0v) is 7.90. The van der Waals surface area contributed by atoms with Crippen molar-refractivity contribution in [1.29, 1.82) is 0 Å². The molecule has 0 atom stereocenters. The van der Waals surface area contributed by atoms with Crippen LogP contribution in [0.5, 0.6) is 0 Å². The lowest BCUT2D eigenvalue weighted by atomic mass is 10.2. The van der Waals surface area contributed by atoms with Crippen molar-refractivity contribution in [3.05, 3.63) is 12.3 Å². The van der Waals surface area contributed by atoms with E-state index in [2.05, 4.69) is 25.1 Å². The fourth-order valence-corrected chi connectivity index (χ4v) is 1.22.